The van der Waals surface area contributed by atoms with Crippen LogP contribution in [-0.4, -0.2) is 0 Å². The third kappa shape index (κ3) is 17.2. The summed E-state index contributed by atoms with van der Waals surface area (Å²) in [7, 11) is 0. The Morgan fingerprint density at radius 1 is 0.579 bits per heavy atom. The number of terminal acetylenes is 2. The van der Waals surface area contributed by atoms with Crippen LogP contribution in [0, 0.1) is 43.4 Å². The molecule has 0 saturated carbocycles. The summed E-state index contributed by atoms with van der Waals surface area (Å²) in [6, 6.07) is 0. The summed E-state index contributed by atoms with van der Waals surface area (Å²) < 4.78 is 6.64. The Morgan fingerprint density at radius 2 is 1.00 bits per heavy atom. The fourth-order valence-corrected chi connectivity index (χ4v) is 4.27. The third-order valence-electron chi connectivity index (χ3n) is 2.67. The normalized spacial score (nSPS) is 7.89. The molecule has 0 radical (unpaired) electrons. The monoisotopic (exact) mass is 440 g/mol. The van der Waals surface area contributed by atoms with Gasteiger partial charge in [-0.2, -0.15) is 0 Å². The van der Waals surface area contributed by atoms with E-state index in [2.05, 4.69) is 30.5 Å². The van der Waals surface area contributed by atoms with Crippen molar-refractivity contribution in [3.8, 4) is 43.4 Å². The molecule has 0 spiro atoms. The summed E-state index contributed by atoms with van der Waals surface area (Å²) in [6.45, 7) is 0. The third-order valence-corrected chi connectivity index (χ3v) is 5.99. The number of unbranched alkanes of at least 4 members (excludes halogenated alkanes) is 8. The van der Waals surface area contributed by atoms with E-state index in [1.807, 2.05) is 0 Å². The first kappa shape index (κ1) is 18.2. The van der Waals surface area contributed by atoms with Crippen molar-refractivity contribution in [1.82, 2.24) is 0 Å². The molecule has 0 bridgehead atoms. The van der Waals surface area contributed by atoms with Crippen LogP contribution in [0.1, 0.15) is 64.2 Å². The summed E-state index contributed by atoms with van der Waals surface area (Å²) in [5.74, 6) is 11.8. The molecule has 0 fully saturated rings. The van der Waals surface area contributed by atoms with Gasteiger partial charge in [-0.3, -0.25) is 0 Å². The fourth-order valence-electron chi connectivity index (χ4n) is 1.58. The number of hydrogen-bond donors (Lipinski definition) is 0. The molecule has 0 aliphatic rings. The summed E-state index contributed by atoms with van der Waals surface area (Å²) in [4.78, 5) is 0. The van der Waals surface area contributed by atoms with Crippen LogP contribution in [0.2, 0.25) is 0 Å². The molecule has 0 aromatic heterocycles. The Morgan fingerprint density at radius 3 is 1.42 bits per heavy atom. The van der Waals surface area contributed by atoms with Crippen LogP contribution >= 0.6 is 0 Å². The van der Waals surface area contributed by atoms with Gasteiger partial charge in [0.15, 0.2) is 0 Å². The molecule has 1 heteroatoms. The van der Waals surface area contributed by atoms with Gasteiger partial charge in [-0.15, -0.1) is 0 Å². The maximum atomic E-state index is 5.19. The molecule has 0 aliphatic carbocycles. The van der Waals surface area contributed by atoms with E-state index in [-0.39, 0.29) is 0 Å². The molecule has 0 aromatic rings. The van der Waals surface area contributed by atoms with E-state index in [9.17, 15) is 0 Å². The van der Waals surface area contributed by atoms with Gasteiger partial charge in [0, 0.05) is 0 Å². The predicted octanol–water partition coefficient (Wildman–Crippen LogP) is 4.16. The van der Waals surface area contributed by atoms with Crippen LogP contribution in [-0.2, 0) is 24.6 Å². The van der Waals surface area contributed by atoms with Crippen molar-refractivity contribution in [3.05, 3.63) is 0 Å². The minimum absolute atomic E-state index is 0.903. The summed E-state index contributed by atoms with van der Waals surface area (Å²) >= 11 is -1.16. The molecular formula is C18H22Hg. The van der Waals surface area contributed by atoms with Gasteiger partial charge in [0.25, 0.3) is 0 Å². The number of hydrogen-bond acceptors (Lipinski definition) is 0. The van der Waals surface area contributed by atoms with Crippen LogP contribution in [0.15, 0.2) is 0 Å². The minimum atomic E-state index is -1.16. The Kier molecular flexibility index (Phi) is 16.4. The molecule has 0 aromatic carbocycles. The van der Waals surface area contributed by atoms with E-state index < -0.39 is 24.6 Å². The van der Waals surface area contributed by atoms with E-state index >= 15 is 0 Å². The maximum absolute atomic E-state index is 5.19. The van der Waals surface area contributed by atoms with E-state index in [4.69, 9.17) is 12.8 Å². The molecule has 0 nitrogen and oxygen atoms in total. The Hall–Kier alpha value is -0.825. The molecule has 0 unspecified atom stereocenters. The van der Waals surface area contributed by atoms with Crippen molar-refractivity contribution in [3.63, 3.8) is 0 Å². The van der Waals surface area contributed by atoms with Gasteiger partial charge in [0.1, 0.15) is 0 Å². The second-order valence-corrected chi connectivity index (χ2v) is 8.54. The van der Waals surface area contributed by atoms with Crippen molar-refractivity contribution in [2.75, 3.05) is 0 Å². The van der Waals surface area contributed by atoms with Gasteiger partial charge in [-0.25, -0.2) is 0 Å². The molecule has 0 amide bonds. The zero-order chi connectivity index (χ0) is 14.0. The standard InChI is InChI=1S/2C9H11.Hg/c2*1-3-5-7-9-8-6-4-2;/h2*1H,5-9H2;. The molecule has 0 N–H and O–H groups in total. The number of rotatable bonds is 8. The van der Waals surface area contributed by atoms with Gasteiger partial charge < -0.3 is 0 Å². The van der Waals surface area contributed by atoms with Crippen LogP contribution < -0.4 is 0 Å². The van der Waals surface area contributed by atoms with Crippen molar-refractivity contribution < 1.29 is 24.6 Å². The van der Waals surface area contributed by atoms with Crippen LogP contribution in [0.4, 0.5) is 0 Å². The van der Waals surface area contributed by atoms with Crippen molar-refractivity contribution in [2.45, 2.75) is 64.2 Å². The predicted molar refractivity (Wildman–Crippen MR) is 79.4 cm³/mol. The first-order valence-electron chi connectivity index (χ1n) is 7.20. The molecule has 19 heavy (non-hydrogen) atoms. The average molecular weight is 439 g/mol. The van der Waals surface area contributed by atoms with Crippen LogP contribution in [0.3, 0.4) is 0 Å². The van der Waals surface area contributed by atoms with Gasteiger partial charge in [-0.05, 0) is 0 Å². The average Bonchev–Trinajstić information content (AvgIpc) is 2.43. The second kappa shape index (κ2) is 17.2. The summed E-state index contributed by atoms with van der Waals surface area (Å²) in [6.07, 6.45) is 21.3. The van der Waals surface area contributed by atoms with Crippen LogP contribution in [0.25, 0.3) is 0 Å². The summed E-state index contributed by atoms with van der Waals surface area (Å²) in [5, 5.41) is 0. The topological polar surface area (TPSA) is 0 Å². The zero-order valence-electron chi connectivity index (χ0n) is 11.9. The molecule has 96 valence electrons. The zero-order valence-corrected chi connectivity index (χ0v) is 17.4. The molecule has 0 heterocycles. The van der Waals surface area contributed by atoms with Gasteiger partial charge in [0.05, 0.1) is 0 Å². The Bertz CT molecular complexity index is 357. The quantitative estimate of drug-likeness (QED) is 0.303. The molecule has 0 aliphatic heterocycles. The van der Waals surface area contributed by atoms with Gasteiger partial charge in [-0.1, -0.05) is 0 Å². The molecule has 0 atom stereocenters. The van der Waals surface area contributed by atoms with Crippen LogP contribution in [0.5, 0.6) is 0 Å². The molecule has 0 saturated heterocycles. The van der Waals surface area contributed by atoms with Crippen molar-refractivity contribution in [2.24, 2.45) is 0 Å². The fraction of sp³-hybridized carbons (Fsp3) is 0.556. The van der Waals surface area contributed by atoms with E-state index in [0.717, 1.165) is 38.5 Å². The first-order chi connectivity index (χ1) is 9.41. The first-order valence-corrected chi connectivity index (χ1v) is 12.7. The summed E-state index contributed by atoms with van der Waals surface area (Å²) in [5.41, 5.74) is 0. The SMILES string of the molecule is C#CCCCCCC#[C][Hg][C]#CCCCCCC#C. The van der Waals surface area contributed by atoms with E-state index in [1.165, 1.54) is 25.7 Å². The molecular weight excluding hydrogens is 417 g/mol. The van der Waals surface area contributed by atoms with E-state index in [1.54, 1.807) is 0 Å². The second-order valence-electron chi connectivity index (χ2n) is 4.41. The Labute approximate surface area is 131 Å². The van der Waals surface area contributed by atoms with Gasteiger partial charge >= 0.3 is 132 Å². The van der Waals surface area contributed by atoms with E-state index in [0.29, 0.717) is 0 Å². The molecule has 0 rings (SSSR count). The van der Waals surface area contributed by atoms with Crippen molar-refractivity contribution in [1.29, 1.82) is 0 Å². The van der Waals surface area contributed by atoms with Crippen molar-refractivity contribution >= 4 is 0 Å². The Balaban J connectivity index is 3.30. The van der Waals surface area contributed by atoms with Gasteiger partial charge in [0.2, 0.25) is 0 Å².